The zero-order chi connectivity index (χ0) is 15.1. The molecule has 0 heterocycles. The highest BCUT2D eigenvalue weighted by Gasteiger charge is 2.11. The molecule has 1 atom stereocenters. The molecule has 0 saturated carbocycles. The van der Waals surface area contributed by atoms with Crippen molar-refractivity contribution in [3.63, 3.8) is 0 Å². The Kier molecular flexibility index (Phi) is 6.88. The number of benzene rings is 1. The van der Waals surface area contributed by atoms with E-state index < -0.39 is 6.61 Å². The molecule has 0 amide bonds. The first-order valence-corrected chi connectivity index (χ1v) is 6.80. The van der Waals surface area contributed by atoms with E-state index in [1.807, 2.05) is 12.1 Å². The van der Waals surface area contributed by atoms with Gasteiger partial charge in [0.15, 0.2) is 0 Å². The van der Waals surface area contributed by atoms with Gasteiger partial charge in [0.25, 0.3) is 0 Å². The van der Waals surface area contributed by atoms with E-state index in [9.17, 15) is 8.78 Å². The second-order valence-corrected chi connectivity index (χ2v) is 5.19. The topological polar surface area (TPSA) is 41.5 Å². The number of hydrogen-bond donors (Lipinski definition) is 2. The zero-order valence-electron chi connectivity index (χ0n) is 12.2. The standard InChI is InChI=1S/C15H23F2NO2/c1-10(4-5-19)8-18-9-13-6-11(2)14(12(3)7-13)20-15(16)17/h6-7,10,15,18-19H,4-5,8-9H2,1-3H3. The lowest BCUT2D eigenvalue weighted by atomic mass is 10.0. The number of aryl methyl sites for hydroxylation is 2. The van der Waals surface area contributed by atoms with Crippen molar-refractivity contribution in [2.45, 2.75) is 40.3 Å². The van der Waals surface area contributed by atoms with Gasteiger partial charge >= 0.3 is 6.61 Å². The lowest BCUT2D eigenvalue weighted by molar-refractivity contribution is -0.0507. The van der Waals surface area contributed by atoms with Crippen LogP contribution in [0.4, 0.5) is 8.78 Å². The van der Waals surface area contributed by atoms with E-state index in [1.165, 1.54) is 0 Å². The summed E-state index contributed by atoms with van der Waals surface area (Å²) in [4.78, 5) is 0. The van der Waals surface area contributed by atoms with Crippen molar-refractivity contribution >= 4 is 0 Å². The molecule has 0 aromatic heterocycles. The van der Waals surface area contributed by atoms with Gasteiger partial charge in [-0.05, 0) is 49.4 Å². The van der Waals surface area contributed by atoms with Gasteiger partial charge in [-0.2, -0.15) is 8.78 Å². The van der Waals surface area contributed by atoms with Crippen molar-refractivity contribution in [1.29, 1.82) is 0 Å². The molecule has 0 bridgehead atoms. The molecule has 3 nitrogen and oxygen atoms in total. The van der Waals surface area contributed by atoms with E-state index in [1.54, 1.807) is 13.8 Å². The minimum Gasteiger partial charge on any atom is -0.434 e. The van der Waals surface area contributed by atoms with Crippen LogP contribution in [0, 0.1) is 19.8 Å². The molecule has 0 aliphatic carbocycles. The van der Waals surface area contributed by atoms with Gasteiger partial charge in [-0.25, -0.2) is 0 Å². The average Bonchev–Trinajstić information content (AvgIpc) is 2.34. The molecule has 0 radical (unpaired) electrons. The van der Waals surface area contributed by atoms with Crippen LogP contribution in [0.25, 0.3) is 0 Å². The second kappa shape index (κ2) is 8.17. The molecule has 0 spiro atoms. The first kappa shape index (κ1) is 16.9. The Balaban J connectivity index is 2.60. The van der Waals surface area contributed by atoms with E-state index in [2.05, 4.69) is 17.0 Å². The van der Waals surface area contributed by atoms with Crippen LogP contribution in [-0.2, 0) is 6.54 Å². The molecule has 1 unspecified atom stereocenters. The van der Waals surface area contributed by atoms with Crippen molar-refractivity contribution in [2.75, 3.05) is 13.2 Å². The number of ether oxygens (including phenoxy) is 1. The number of alkyl halides is 2. The smallest absolute Gasteiger partial charge is 0.387 e. The van der Waals surface area contributed by atoms with Gasteiger partial charge in [0, 0.05) is 13.2 Å². The van der Waals surface area contributed by atoms with Crippen LogP contribution in [0.3, 0.4) is 0 Å². The number of halogens is 2. The Morgan fingerprint density at radius 3 is 2.35 bits per heavy atom. The Labute approximate surface area is 119 Å². The van der Waals surface area contributed by atoms with Crippen LogP contribution in [0.2, 0.25) is 0 Å². The van der Waals surface area contributed by atoms with Crippen LogP contribution in [-0.4, -0.2) is 24.9 Å². The van der Waals surface area contributed by atoms with Gasteiger partial charge in [-0.1, -0.05) is 19.1 Å². The first-order valence-electron chi connectivity index (χ1n) is 6.80. The second-order valence-electron chi connectivity index (χ2n) is 5.19. The zero-order valence-corrected chi connectivity index (χ0v) is 12.2. The quantitative estimate of drug-likeness (QED) is 0.772. The van der Waals surface area contributed by atoms with Crippen LogP contribution < -0.4 is 10.1 Å². The summed E-state index contributed by atoms with van der Waals surface area (Å²) in [6, 6.07) is 3.71. The Hall–Kier alpha value is -1.20. The lowest BCUT2D eigenvalue weighted by Gasteiger charge is -2.15. The summed E-state index contributed by atoms with van der Waals surface area (Å²) < 4.78 is 29.1. The van der Waals surface area contributed by atoms with E-state index in [0.29, 0.717) is 23.6 Å². The van der Waals surface area contributed by atoms with E-state index in [-0.39, 0.29) is 12.4 Å². The number of aliphatic hydroxyl groups excluding tert-OH is 1. The molecule has 1 aromatic carbocycles. The molecule has 5 heteroatoms. The predicted octanol–water partition coefficient (Wildman–Crippen LogP) is 3.01. The molecule has 2 N–H and O–H groups in total. The van der Waals surface area contributed by atoms with Crippen LogP contribution >= 0.6 is 0 Å². The van der Waals surface area contributed by atoms with E-state index in [0.717, 1.165) is 18.5 Å². The van der Waals surface area contributed by atoms with Crippen LogP contribution in [0.15, 0.2) is 12.1 Å². The minimum absolute atomic E-state index is 0.195. The maximum atomic E-state index is 12.3. The van der Waals surface area contributed by atoms with Gasteiger partial charge in [0.2, 0.25) is 0 Å². The molecular formula is C15H23F2NO2. The fraction of sp³-hybridized carbons (Fsp3) is 0.600. The maximum absolute atomic E-state index is 12.3. The Morgan fingerprint density at radius 2 is 1.85 bits per heavy atom. The maximum Gasteiger partial charge on any atom is 0.387 e. The summed E-state index contributed by atoms with van der Waals surface area (Å²) in [5, 5.41) is 12.1. The summed E-state index contributed by atoms with van der Waals surface area (Å²) in [6.07, 6.45) is 0.770. The predicted molar refractivity (Wildman–Crippen MR) is 75.1 cm³/mol. The molecule has 0 aliphatic heterocycles. The van der Waals surface area contributed by atoms with E-state index >= 15 is 0 Å². The molecular weight excluding hydrogens is 264 g/mol. The van der Waals surface area contributed by atoms with Crippen molar-refractivity contribution in [3.8, 4) is 5.75 Å². The highest BCUT2D eigenvalue weighted by molar-refractivity contribution is 5.43. The summed E-state index contributed by atoms with van der Waals surface area (Å²) in [6.45, 7) is 4.49. The highest BCUT2D eigenvalue weighted by atomic mass is 19.3. The molecule has 0 fully saturated rings. The minimum atomic E-state index is -2.80. The third-order valence-corrected chi connectivity index (χ3v) is 3.17. The van der Waals surface area contributed by atoms with Gasteiger partial charge in [0.05, 0.1) is 0 Å². The van der Waals surface area contributed by atoms with Gasteiger partial charge < -0.3 is 15.2 Å². The molecule has 20 heavy (non-hydrogen) atoms. The third kappa shape index (κ3) is 5.43. The summed E-state index contributed by atoms with van der Waals surface area (Å²) in [5.74, 6) is 0.668. The van der Waals surface area contributed by atoms with Gasteiger partial charge in [0.1, 0.15) is 5.75 Å². The normalized spacial score (nSPS) is 12.8. The SMILES string of the molecule is Cc1cc(CNCC(C)CCO)cc(C)c1OC(F)F. The summed E-state index contributed by atoms with van der Waals surface area (Å²) in [7, 11) is 0. The van der Waals surface area contributed by atoms with Crippen molar-refractivity contribution in [2.24, 2.45) is 5.92 Å². The van der Waals surface area contributed by atoms with Crippen LogP contribution in [0.1, 0.15) is 30.0 Å². The monoisotopic (exact) mass is 287 g/mol. The average molecular weight is 287 g/mol. The number of aliphatic hydroxyl groups is 1. The highest BCUT2D eigenvalue weighted by Crippen LogP contribution is 2.26. The number of hydrogen-bond acceptors (Lipinski definition) is 3. The number of rotatable bonds is 8. The van der Waals surface area contributed by atoms with Crippen molar-refractivity contribution in [3.05, 3.63) is 28.8 Å². The molecule has 114 valence electrons. The summed E-state index contributed by atoms with van der Waals surface area (Å²) >= 11 is 0. The van der Waals surface area contributed by atoms with Gasteiger partial charge in [-0.3, -0.25) is 0 Å². The number of nitrogens with one attached hydrogen (secondary N) is 1. The first-order chi connectivity index (χ1) is 9.43. The Morgan fingerprint density at radius 1 is 1.25 bits per heavy atom. The van der Waals surface area contributed by atoms with E-state index in [4.69, 9.17) is 5.11 Å². The molecule has 0 saturated heterocycles. The van der Waals surface area contributed by atoms with Crippen LogP contribution in [0.5, 0.6) is 5.75 Å². The molecule has 1 aromatic rings. The fourth-order valence-electron chi connectivity index (χ4n) is 2.20. The Bertz CT molecular complexity index is 401. The molecule has 1 rings (SSSR count). The third-order valence-electron chi connectivity index (χ3n) is 3.17. The van der Waals surface area contributed by atoms with Crippen molar-refractivity contribution < 1.29 is 18.6 Å². The lowest BCUT2D eigenvalue weighted by Crippen LogP contribution is -2.21. The van der Waals surface area contributed by atoms with Gasteiger partial charge in [-0.15, -0.1) is 0 Å². The fourth-order valence-corrected chi connectivity index (χ4v) is 2.20. The summed E-state index contributed by atoms with van der Waals surface area (Å²) in [5.41, 5.74) is 2.47. The largest absolute Gasteiger partial charge is 0.434 e. The van der Waals surface area contributed by atoms with Crippen molar-refractivity contribution in [1.82, 2.24) is 5.32 Å². The molecule has 0 aliphatic rings.